The summed E-state index contributed by atoms with van der Waals surface area (Å²) in [4.78, 5) is 24.6. The van der Waals surface area contributed by atoms with Gasteiger partial charge in [-0.2, -0.15) is 0 Å². The van der Waals surface area contributed by atoms with E-state index in [9.17, 15) is 9.90 Å². The molecule has 0 fully saturated rings. The van der Waals surface area contributed by atoms with E-state index in [2.05, 4.69) is 48.0 Å². The number of nitrogens with zero attached hydrogens (tertiary/aromatic N) is 3. The monoisotopic (exact) mass is 495 g/mol. The summed E-state index contributed by atoms with van der Waals surface area (Å²) in [6, 6.07) is 0. The summed E-state index contributed by atoms with van der Waals surface area (Å²) in [5.41, 5.74) is 17.8. The van der Waals surface area contributed by atoms with Crippen molar-refractivity contribution < 1.29 is 19.7 Å². The molecule has 11 nitrogen and oxygen atoms in total. The van der Waals surface area contributed by atoms with E-state index in [-0.39, 0.29) is 40.7 Å². The third-order valence-electron chi connectivity index (χ3n) is 5.77. The first-order valence-corrected chi connectivity index (χ1v) is 12.1. The molecule has 1 amide bonds. The number of carbonyl (C=O) groups excluding carboxylic acids is 1. The largest absolute Gasteiger partial charge is 0.396 e. The minimum atomic E-state index is -0.579. The van der Waals surface area contributed by atoms with Crippen LogP contribution in [-0.4, -0.2) is 64.5 Å². The second-order valence-electron chi connectivity index (χ2n) is 10.6. The summed E-state index contributed by atoms with van der Waals surface area (Å²) < 4.78 is 5.63. The number of hydrogen-bond acceptors (Lipinski definition) is 9. The van der Waals surface area contributed by atoms with Crippen LogP contribution in [-0.2, 0) is 4.74 Å². The Kier molecular flexibility index (Phi) is 12.3. The Balaban J connectivity index is 2.42. The number of nitrogens with one attached hydrogen (secondary N) is 1. The SMILES string of the molecule is Cc1nc(C(=O)NC(N)=NCCCC(C)(C)CC(C)(C)CCOCC(O)CCCO)c(N)nc1N. The number of aromatic nitrogens is 2. The number of hydrogen-bond donors (Lipinski definition) is 6. The molecule has 0 aliphatic carbocycles. The van der Waals surface area contributed by atoms with Crippen LogP contribution < -0.4 is 22.5 Å². The number of aliphatic imine (C=N–C) groups is 1. The van der Waals surface area contributed by atoms with Crippen LogP contribution in [0.4, 0.5) is 11.6 Å². The van der Waals surface area contributed by atoms with Crippen molar-refractivity contribution in [1.29, 1.82) is 0 Å². The number of nitrogen functional groups attached to an aromatic ring is 2. The number of carbonyl (C=O) groups is 1. The molecule has 1 unspecified atom stereocenters. The van der Waals surface area contributed by atoms with Gasteiger partial charge >= 0.3 is 0 Å². The van der Waals surface area contributed by atoms with Crippen LogP contribution >= 0.6 is 0 Å². The molecule has 0 aliphatic rings. The van der Waals surface area contributed by atoms with Crippen molar-refractivity contribution in [2.75, 3.05) is 37.8 Å². The first kappa shape index (κ1) is 30.5. The standard InChI is InChI=1S/C24H45N7O4/c1-16-19(25)30-20(26)18(29-16)21(34)31-22(27)28-11-7-9-23(2,3)15-24(4,5)10-13-35-14-17(33)8-6-12-32/h17,32-33H,6-15H2,1-5H3,(H4,25,26,30)(H3,27,28,31,34). The van der Waals surface area contributed by atoms with Gasteiger partial charge in [0, 0.05) is 19.8 Å². The van der Waals surface area contributed by atoms with E-state index in [0.717, 1.165) is 25.7 Å². The molecule has 0 aromatic carbocycles. The highest BCUT2D eigenvalue weighted by Gasteiger charge is 2.28. The smallest absolute Gasteiger partial charge is 0.280 e. The van der Waals surface area contributed by atoms with Crippen molar-refractivity contribution in [3.05, 3.63) is 11.4 Å². The zero-order valence-electron chi connectivity index (χ0n) is 21.9. The predicted octanol–water partition coefficient (Wildman–Crippen LogP) is 1.76. The lowest BCUT2D eigenvalue weighted by molar-refractivity contribution is 0.0146. The van der Waals surface area contributed by atoms with Crippen molar-refractivity contribution in [2.45, 2.75) is 79.2 Å². The number of aliphatic hydroxyl groups excluding tert-OH is 2. The normalized spacial score (nSPS) is 13.6. The number of guanidine groups is 1. The number of anilines is 2. The third-order valence-corrected chi connectivity index (χ3v) is 5.77. The van der Waals surface area contributed by atoms with Gasteiger partial charge in [-0.3, -0.25) is 15.1 Å². The Morgan fingerprint density at radius 1 is 1.11 bits per heavy atom. The lowest BCUT2D eigenvalue weighted by Gasteiger charge is -2.35. The van der Waals surface area contributed by atoms with E-state index in [1.165, 1.54) is 0 Å². The van der Waals surface area contributed by atoms with E-state index in [4.69, 9.17) is 27.0 Å². The molecule has 11 heteroatoms. The molecule has 1 atom stereocenters. The molecule has 0 saturated carbocycles. The van der Waals surface area contributed by atoms with Gasteiger partial charge in [-0.25, -0.2) is 9.97 Å². The molecular weight excluding hydrogens is 450 g/mol. The molecule has 1 heterocycles. The van der Waals surface area contributed by atoms with Gasteiger partial charge in [0.1, 0.15) is 5.82 Å². The molecule has 0 radical (unpaired) electrons. The molecule has 0 spiro atoms. The van der Waals surface area contributed by atoms with Crippen LogP contribution in [0.3, 0.4) is 0 Å². The van der Waals surface area contributed by atoms with E-state index < -0.39 is 12.0 Å². The Bertz CT molecular complexity index is 843. The van der Waals surface area contributed by atoms with Crippen molar-refractivity contribution in [2.24, 2.45) is 21.6 Å². The van der Waals surface area contributed by atoms with Gasteiger partial charge in [-0.05, 0) is 56.3 Å². The molecule has 35 heavy (non-hydrogen) atoms. The highest BCUT2D eigenvalue weighted by molar-refractivity contribution is 6.06. The van der Waals surface area contributed by atoms with E-state index >= 15 is 0 Å². The summed E-state index contributed by atoms with van der Waals surface area (Å²) in [7, 11) is 0. The van der Waals surface area contributed by atoms with Crippen molar-refractivity contribution in [3.63, 3.8) is 0 Å². The maximum Gasteiger partial charge on any atom is 0.280 e. The van der Waals surface area contributed by atoms with Gasteiger partial charge < -0.3 is 32.2 Å². The Hall–Kier alpha value is -2.50. The van der Waals surface area contributed by atoms with Crippen LogP contribution in [0.15, 0.2) is 4.99 Å². The molecule has 0 bridgehead atoms. The predicted molar refractivity (Wildman–Crippen MR) is 139 cm³/mol. The number of amides is 1. The molecule has 1 aromatic heterocycles. The number of nitrogens with two attached hydrogens (primary N) is 3. The fraction of sp³-hybridized carbons (Fsp3) is 0.750. The quantitative estimate of drug-likeness (QED) is 0.119. The molecule has 1 rings (SSSR count). The molecule has 200 valence electrons. The maximum atomic E-state index is 12.4. The first-order valence-electron chi connectivity index (χ1n) is 12.1. The molecule has 9 N–H and O–H groups in total. The maximum absolute atomic E-state index is 12.4. The zero-order valence-corrected chi connectivity index (χ0v) is 21.9. The molecule has 0 saturated heterocycles. The Morgan fingerprint density at radius 3 is 2.43 bits per heavy atom. The summed E-state index contributed by atoms with van der Waals surface area (Å²) in [5.74, 6) is -0.468. The van der Waals surface area contributed by atoms with Gasteiger partial charge in [-0.1, -0.05) is 27.7 Å². The van der Waals surface area contributed by atoms with Gasteiger partial charge in [0.05, 0.1) is 18.4 Å². The third kappa shape index (κ3) is 12.1. The van der Waals surface area contributed by atoms with Gasteiger partial charge in [-0.15, -0.1) is 0 Å². The number of rotatable bonds is 15. The molecule has 1 aromatic rings. The van der Waals surface area contributed by atoms with Gasteiger partial charge in [0.25, 0.3) is 5.91 Å². The van der Waals surface area contributed by atoms with Crippen molar-refractivity contribution >= 4 is 23.5 Å². The fourth-order valence-electron chi connectivity index (χ4n) is 4.14. The van der Waals surface area contributed by atoms with Crippen molar-refractivity contribution in [1.82, 2.24) is 15.3 Å². The highest BCUT2D eigenvalue weighted by Crippen LogP contribution is 2.39. The lowest BCUT2D eigenvalue weighted by Crippen LogP contribution is -2.38. The molecular formula is C24H45N7O4. The average molecular weight is 496 g/mol. The number of aryl methyl sites for hydroxylation is 1. The first-order chi connectivity index (χ1) is 16.3. The minimum Gasteiger partial charge on any atom is -0.396 e. The molecule has 0 aliphatic heterocycles. The Morgan fingerprint density at radius 2 is 1.77 bits per heavy atom. The van der Waals surface area contributed by atoms with Crippen LogP contribution in [0, 0.1) is 17.8 Å². The van der Waals surface area contributed by atoms with E-state index in [1.807, 2.05) is 0 Å². The lowest BCUT2D eigenvalue weighted by atomic mass is 9.71. The van der Waals surface area contributed by atoms with Gasteiger partial charge in [0.2, 0.25) is 0 Å². The van der Waals surface area contributed by atoms with E-state index in [1.54, 1.807) is 6.92 Å². The summed E-state index contributed by atoms with van der Waals surface area (Å²) in [5, 5.41) is 21.1. The summed E-state index contributed by atoms with van der Waals surface area (Å²) >= 11 is 0. The van der Waals surface area contributed by atoms with Crippen LogP contribution in [0.5, 0.6) is 0 Å². The van der Waals surface area contributed by atoms with E-state index in [0.29, 0.717) is 38.3 Å². The number of aliphatic hydroxyl groups is 2. The Labute approximate surface area is 208 Å². The second kappa shape index (κ2) is 14.2. The second-order valence-corrected chi connectivity index (χ2v) is 10.6. The highest BCUT2D eigenvalue weighted by atomic mass is 16.5. The van der Waals surface area contributed by atoms with Crippen LogP contribution in [0.1, 0.15) is 82.4 Å². The summed E-state index contributed by atoms with van der Waals surface area (Å²) in [6.45, 7) is 12.0. The van der Waals surface area contributed by atoms with Gasteiger partial charge in [0.15, 0.2) is 17.5 Å². The topological polar surface area (TPSA) is 195 Å². The minimum absolute atomic E-state index is 0.00198. The fourth-order valence-corrected chi connectivity index (χ4v) is 4.14. The average Bonchev–Trinajstić information content (AvgIpc) is 2.74. The zero-order chi connectivity index (χ0) is 26.6. The van der Waals surface area contributed by atoms with Crippen LogP contribution in [0.2, 0.25) is 0 Å². The van der Waals surface area contributed by atoms with Crippen molar-refractivity contribution in [3.8, 4) is 0 Å². The van der Waals surface area contributed by atoms with Crippen LogP contribution in [0.25, 0.3) is 0 Å². The number of ether oxygens (including phenoxy) is 1. The summed E-state index contributed by atoms with van der Waals surface area (Å²) in [6.07, 6.45) is 4.25.